The summed E-state index contributed by atoms with van der Waals surface area (Å²) in [7, 11) is 0. The predicted molar refractivity (Wildman–Crippen MR) is 99.1 cm³/mol. The van der Waals surface area contributed by atoms with E-state index in [0.29, 0.717) is 30.4 Å². The molecular formula is C19H15N3O7. The van der Waals surface area contributed by atoms with E-state index in [4.69, 9.17) is 9.47 Å². The average molecular weight is 397 g/mol. The van der Waals surface area contributed by atoms with Crippen LogP contribution in [0.15, 0.2) is 36.4 Å². The molecule has 0 bridgehead atoms. The number of carbonyl (C=O) groups is 3. The molecule has 1 atom stereocenters. The van der Waals surface area contributed by atoms with Gasteiger partial charge in [0.1, 0.15) is 24.8 Å². The Balaban J connectivity index is 1.57. The maximum absolute atomic E-state index is 12.7. The zero-order valence-corrected chi connectivity index (χ0v) is 15.2. The van der Waals surface area contributed by atoms with E-state index in [1.807, 2.05) is 0 Å². The van der Waals surface area contributed by atoms with Crippen LogP contribution in [0.3, 0.4) is 0 Å². The van der Waals surface area contributed by atoms with Crippen molar-refractivity contribution in [3.05, 3.63) is 57.6 Å². The highest BCUT2D eigenvalue weighted by molar-refractivity contribution is 6.24. The second-order valence-electron chi connectivity index (χ2n) is 6.46. The zero-order chi connectivity index (χ0) is 20.7. The summed E-state index contributed by atoms with van der Waals surface area (Å²) >= 11 is 0. The van der Waals surface area contributed by atoms with Gasteiger partial charge in [0.25, 0.3) is 17.5 Å². The summed E-state index contributed by atoms with van der Waals surface area (Å²) in [4.78, 5) is 49.2. The van der Waals surface area contributed by atoms with Gasteiger partial charge in [-0.15, -0.1) is 0 Å². The number of hydrogen-bond acceptors (Lipinski definition) is 7. The lowest BCUT2D eigenvalue weighted by Crippen LogP contribution is -2.45. The molecule has 3 amide bonds. The van der Waals surface area contributed by atoms with E-state index >= 15 is 0 Å². The Kier molecular flexibility index (Phi) is 4.38. The lowest BCUT2D eigenvalue weighted by molar-refractivity contribution is -0.385. The molecule has 0 saturated heterocycles. The van der Waals surface area contributed by atoms with E-state index in [9.17, 15) is 24.5 Å². The number of imide groups is 1. The highest BCUT2D eigenvalue weighted by Crippen LogP contribution is 2.34. The van der Waals surface area contributed by atoms with Crippen molar-refractivity contribution in [3.8, 4) is 11.5 Å². The molecule has 0 saturated carbocycles. The number of anilines is 1. The van der Waals surface area contributed by atoms with Gasteiger partial charge < -0.3 is 14.8 Å². The molecule has 0 fully saturated rings. The van der Waals surface area contributed by atoms with Crippen LogP contribution in [0.1, 0.15) is 27.6 Å². The van der Waals surface area contributed by atoms with Crippen molar-refractivity contribution >= 4 is 29.1 Å². The predicted octanol–water partition coefficient (Wildman–Crippen LogP) is 1.99. The number of amides is 3. The summed E-state index contributed by atoms with van der Waals surface area (Å²) in [6.07, 6.45) is 0. The molecule has 1 N–H and O–H groups in total. The number of nitrogens with zero attached hydrogens (tertiary/aromatic N) is 2. The van der Waals surface area contributed by atoms with Crippen LogP contribution in [0.5, 0.6) is 11.5 Å². The number of hydrogen-bond donors (Lipinski definition) is 1. The summed E-state index contributed by atoms with van der Waals surface area (Å²) in [5, 5.41) is 13.8. The van der Waals surface area contributed by atoms with Crippen molar-refractivity contribution in [2.45, 2.75) is 13.0 Å². The van der Waals surface area contributed by atoms with Gasteiger partial charge in [0, 0.05) is 17.8 Å². The highest BCUT2D eigenvalue weighted by atomic mass is 16.6. The average Bonchev–Trinajstić information content (AvgIpc) is 2.97. The molecule has 148 valence electrons. The van der Waals surface area contributed by atoms with Gasteiger partial charge >= 0.3 is 0 Å². The number of nitro groups is 1. The van der Waals surface area contributed by atoms with Gasteiger partial charge in [0.15, 0.2) is 11.5 Å². The maximum atomic E-state index is 12.7. The Morgan fingerprint density at radius 1 is 1.14 bits per heavy atom. The first-order chi connectivity index (χ1) is 13.9. The topological polar surface area (TPSA) is 128 Å². The smallest absolute Gasteiger partial charge is 0.282 e. The summed E-state index contributed by atoms with van der Waals surface area (Å²) < 4.78 is 10.9. The Bertz CT molecular complexity index is 1070. The summed E-state index contributed by atoms with van der Waals surface area (Å²) in [5.74, 6) is -1.23. The Morgan fingerprint density at radius 3 is 2.59 bits per heavy atom. The van der Waals surface area contributed by atoms with E-state index in [1.165, 1.54) is 19.1 Å². The van der Waals surface area contributed by atoms with Crippen LogP contribution in [-0.4, -0.2) is 46.8 Å². The van der Waals surface area contributed by atoms with Gasteiger partial charge in [0.05, 0.1) is 10.5 Å². The first-order valence-electron chi connectivity index (χ1n) is 8.74. The van der Waals surface area contributed by atoms with Gasteiger partial charge in [-0.05, 0) is 25.1 Å². The number of nitrogens with one attached hydrogen (secondary N) is 1. The Morgan fingerprint density at radius 2 is 1.86 bits per heavy atom. The number of fused-ring (bicyclic) bond motifs is 2. The molecule has 2 aromatic rings. The fourth-order valence-electron chi connectivity index (χ4n) is 3.27. The third kappa shape index (κ3) is 3.04. The molecule has 0 spiro atoms. The van der Waals surface area contributed by atoms with Crippen LogP contribution in [0.2, 0.25) is 0 Å². The van der Waals surface area contributed by atoms with Crippen molar-refractivity contribution in [1.82, 2.24) is 4.90 Å². The lowest BCUT2D eigenvalue weighted by Gasteiger charge is -2.22. The van der Waals surface area contributed by atoms with E-state index in [1.54, 1.807) is 18.2 Å². The molecule has 2 aliphatic rings. The van der Waals surface area contributed by atoms with E-state index < -0.39 is 34.4 Å². The standard InChI is InChI=1S/C19H15N3O7/c1-10(17(23)20-11-5-6-14-15(9-11)29-8-7-28-14)21-18(24)12-3-2-4-13(22(26)27)16(12)19(21)25/h2-6,9-10H,7-8H2,1H3,(H,20,23)/t10-/m0/s1. The zero-order valence-electron chi connectivity index (χ0n) is 15.2. The molecule has 10 nitrogen and oxygen atoms in total. The maximum Gasteiger partial charge on any atom is 0.282 e. The first kappa shape index (κ1) is 18.4. The molecule has 0 aliphatic carbocycles. The second-order valence-corrected chi connectivity index (χ2v) is 6.46. The second kappa shape index (κ2) is 6.89. The van der Waals surface area contributed by atoms with Crippen LogP contribution < -0.4 is 14.8 Å². The molecule has 0 unspecified atom stereocenters. The third-order valence-corrected chi connectivity index (χ3v) is 4.70. The van der Waals surface area contributed by atoms with Gasteiger partial charge in [0.2, 0.25) is 5.91 Å². The van der Waals surface area contributed by atoms with Crippen molar-refractivity contribution in [1.29, 1.82) is 0 Å². The number of nitro benzene ring substituents is 1. The number of benzene rings is 2. The van der Waals surface area contributed by atoms with Crippen LogP contribution in [0, 0.1) is 10.1 Å². The largest absolute Gasteiger partial charge is 0.486 e. The molecule has 0 aromatic heterocycles. The Labute approximate surface area is 164 Å². The van der Waals surface area contributed by atoms with E-state index in [0.717, 1.165) is 11.0 Å². The fourth-order valence-corrected chi connectivity index (χ4v) is 3.27. The molecule has 2 aromatic carbocycles. The highest BCUT2D eigenvalue weighted by Gasteiger charge is 2.44. The molecule has 4 rings (SSSR count). The first-order valence-corrected chi connectivity index (χ1v) is 8.74. The van der Waals surface area contributed by atoms with Crippen LogP contribution in [0.4, 0.5) is 11.4 Å². The molecule has 10 heteroatoms. The number of rotatable bonds is 4. The van der Waals surface area contributed by atoms with Gasteiger partial charge in [-0.2, -0.15) is 0 Å². The number of carbonyl (C=O) groups excluding carboxylic acids is 3. The van der Waals surface area contributed by atoms with Crippen LogP contribution >= 0.6 is 0 Å². The molecule has 29 heavy (non-hydrogen) atoms. The van der Waals surface area contributed by atoms with Crippen molar-refractivity contribution in [2.24, 2.45) is 0 Å². The fraction of sp³-hybridized carbons (Fsp3) is 0.211. The molecule has 2 heterocycles. The SMILES string of the molecule is C[C@@H](C(=O)Nc1ccc2c(c1)OCCO2)N1C(=O)c2cccc([N+](=O)[O-])c2C1=O. The summed E-state index contributed by atoms with van der Waals surface area (Å²) in [5.41, 5.74) is -0.471. The van der Waals surface area contributed by atoms with Gasteiger partial charge in [-0.1, -0.05) is 6.07 Å². The monoisotopic (exact) mass is 397 g/mol. The van der Waals surface area contributed by atoms with Gasteiger partial charge in [-0.25, -0.2) is 0 Å². The van der Waals surface area contributed by atoms with Crippen molar-refractivity contribution in [2.75, 3.05) is 18.5 Å². The number of ether oxygens (including phenoxy) is 2. The summed E-state index contributed by atoms with van der Waals surface area (Å²) in [6.45, 7) is 2.19. The normalized spacial score (nSPS) is 15.7. The minimum Gasteiger partial charge on any atom is -0.486 e. The quantitative estimate of drug-likeness (QED) is 0.475. The van der Waals surface area contributed by atoms with Crippen LogP contribution in [-0.2, 0) is 4.79 Å². The van der Waals surface area contributed by atoms with E-state index in [-0.39, 0.29) is 11.1 Å². The van der Waals surface area contributed by atoms with E-state index in [2.05, 4.69) is 5.32 Å². The molecule has 2 aliphatic heterocycles. The van der Waals surface area contributed by atoms with Crippen molar-refractivity contribution < 1.29 is 28.8 Å². The minimum absolute atomic E-state index is 0.0943. The van der Waals surface area contributed by atoms with Crippen molar-refractivity contribution in [3.63, 3.8) is 0 Å². The molecule has 0 radical (unpaired) electrons. The minimum atomic E-state index is -1.18. The van der Waals surface area contributed by atoms with Gasteiger partial charge in [-0.3, -0.25) is 29.4 Å². The Hall–Kier alpha value is -3.95. The summed E-state index contributed by atoms with van der Waals surface area (Å²) in [6, 6.07) is 7.43. The third-order valence-electron chi connectivity index (χ3n) is 4.70. The molecular weight excluding hydrogens is 382 g/mol. The lowest BCUT2D eigenvalue weighted by atomic mass is 10.1. The van der Waals surface area contributed by atoms with Crippen LogP contribution in [0.25, 0.3) is 0 Å².